The molecule has 5 atom stereocenters. The first-order chi connectivity index (χ1) is 8.82. The van der Waals surface area contributed by atoms with Crippen LogP contribution in [0.1, 0.15) is 53.9 Å². The summed E-state index contributed by atoms with van der Waals surface area (Å²) in [6.45, 7) is 14.7. The maximum atomic E-state index is 3.60. The summed E-state index contributed by atoms with van der Waals surface area (Å²) < 4.78 is 0. The highest BCUT2D eigenvalue weighted by molar-refractivity contribution is 4.97. The number of nitrogens with zero attached hydrogens (tertiary/aromatic N) is 1. The summed E-state index contributed by atoms with van der Waals surface area (Å²) in [6, 6.07) is 1.45. The fraction of sp³-hybridized carbons (Fsp3) is 1.00. The number of hydrogen-bond acceptors (Lipinski definition) is 2. The fourth-order valence-electron chi connectivity index (χ4n) is 4.51. The summed E-state index contributed by atoms with van der Waals surface area (Å²) in [6.07, 6.45) is 4.14. The van der Waals surface area contributed by atoms with Gasteiger partial charge in [0.2, 0.25) is 0 Å². The quantitative estimate of drug-likeness (QED) is 0.824. The molecule has 1 saturated carbocycles. The molecule has 0 spiro atoms. The molecule has 1 aliphatic heterocycles. The molecule has 112 valence electrons. The Balaban J connectivity index is 2.04. The standard InChI is InChI=1S/C17H34N2/c1-12-9-13(2)16(15(10-12)18-6)19-8-7-14(11-19)17(3,4)5/h12-16,18H,7-11H2,1-6H3. The minimum Gasteiger partial charge on any atom is -0.315 e. The van der Waals surface area contributed by atoms with Crippen LogP contribution in [-0.4, -0.2) is 37.1 Å². The Hall–Kier alpha value is -0.0800. The van der Waals surface area contributed by atoms with Crippen molar-refractivity contribution < 1.29 is 0 Å². The van der Waals surface area contributed by atoms with Crippen LogP contribution in [0.15, 0.2) is 0 Å². The third-order valence-electron chi connectivity index (χ3n) is 5.66. The average molecular weight is 266 g/mol. The molecule has 2 aliphatic rings. The first-order valence-corrected chi connectivity index (χ1v) is 8.24. The van der Waals surface area contributed by atoms with Gasteiger partial charge in [-0.1, -0.05) is 34.6 Å². The highest BCUT2D eigenvalue weighted by Crippen LogP contribution is 2.39. The van der Waals surface area contributed by atoms with Crippen molar-refractivity contribution in [1.29, 1.82) is 0 Å². The normalized spacial score (nSPS) is 41.7. The molecular weight excluding hydrogens is 232 g/mol. The molecule has 2 heteroatoms. The fourth-order valence-corrected chi connectivity index (χ4v) is 4.51. The number of likely N-dealkylation sites (tertiary alicyclic amines) is 1. The first-order valence-electron chi connectivity index (χ1n) is 8.24. The van der Waals surface area contributed by atoms with E-state index in [9.17, 15) is 0 Å². The van der Waals surface area contributed by atoms with E-state index in [2.05, 4.69) is 51.9 Å². The van der Waals surface area contributed by atoms with E-state index in [1.54, 1.807) is 0 Å². The molecule has 0 aromatic carbocycles. The van der Waals surface area contributed by atoms with E-state index in [-0.39, 0.29) is 0 Å². The Morgan fingerprint density at radius 3 is 2.32 bits per heavy atom. The van der Waals surface area contributed by atoms with Crippen LogP contribution in [0.3, 0.4) is 0 Å². The molecule has 0 aromatic rings. The van der Waals surface area contributed by atoms with E-state index in [4.69, 9.17) is 0 Å². The van der Waals surface area contributed by atoms with E-state index >= 15 is 0 Å². The second-order valence-electron chi connectivity index (χ2n) is 8.29. The Labute approximate surface area is 120 Å². The molecule has 2 rings (SSSR count). The molecule has 1 N–H and O–H groups in total. The molecule has 0 aromatic heterocycles. The van der Waals surface area contributed by atoms with Crippen molar-refractivity contribution in [2.24, 2.45) is 23.2 Å². The van der Waals surface area contributed by atoms with Crippen LogP contribution in [0.2, 0.25) is 0 Å². The first kappa shape index (κ1) is 15.3. The number of hydrogen-bond donors (Lipinski definition) is 1. The highest BCUT2D eigenvalue weighted by atomic mass is 15.2. The summed E-state index contributed by atoms with van der Waals surface area (Å²) in [7, 11) is 2.15. The van der Waals surface area contributed by atoms with E-state index in [0.29, 0.717) is 11.5 Å². The van der Waals surface area contributed by atoms with Crippen molar-refractivity contribution in [3.05, 3.63) is 0 Å². The van der Waals surface area contributed by atoms with E-state index in [0.717, 1.165) is 23.8 Å². The van der Waals surface area contributed by atoms with Crippen LogP contribution < -0.4 is 5.32 Å². The van der Waals surface area contributed by atoms with Crippen molar-refractivity contribution in [3.8, 4) is 0 Å². The van der Waals surface area contributed by atoms with Gasteiger partial charge in [-0.05, 0) is 56.0 Å². The lowest BCUT2D eigenvalue weighted by Gasteiger charge is -2.45. The van der Waals surface area contributed by atoms with Crippen LogP contribution in [0.5, 0.6) is 0 Å². The van der Waals surface area contributed by atoms with E-state index in [1.807, 2.05) is 0 Å². The summed E-state index contributed by atoms with van der Waals surface area (Å²) in [4.78, 5) is 2.80. The van der Waals surface area contributed by atoms with Crippen molar-refractivity contribution in [3.63, 3.8) is 0 Å². The smallest absolute Gasteiger partial charge is 0.0275 e. The molecule has 2 fully saturated rings. The van der Waals surface area contributed by atoms with Crippen molar-refractivity contribution in [2.75, 3.05) is 20.1 Å². The van der Waals surface area contributed by atoms with Gasteiger partial charge < -0.3 is 5.32 Å². The Bertz CT molecular complexity index is 294. The highest BCUT2D eigenvalue weighted by Gasteiger charge is 2.41. The second-order valence-corrected chi connectivity index (χ2v) is 8.29. The predicted molar refractivity (Wildman–Crippen MR) is 83.3 cm³/mol. The van der Waals surface area contributed by atoms with Gasteiger partial charge in [-0.15, -0.1) is 0 Å². The van der Waals surface area contributed by atoms with E-state index < -0.39 is 0 Å². The number of rotatable bonds is 2. The second kappa shape index (κ2) is 5.73. The van der Waals surface area contributed by atoms with Gasteiger partial charge in [0, 0.05) is 18.6 Å². The lowest BCUT2D eigenvalue weighted by Crippen LogP contribution is -2.55. The molecule has 0 amide bonds. The van der Waals surface area contributed by atoms with Crippen LogP contribution in [0.4, 0.5) is 0 Å². The number of nitrogens with one attached hydrogen (secondary N) is 1. The molecule has 0 bridgehead atoms. The SMILES string of the molecule is CNC1CC(C)CC(C)C1N1CCC(C(C)(C)C)C1. The average Bonchev–Trinajstić information content (AvgIpc) is 2.76. The zero-order valence-corrected chi connectivity index (χ0v) is 13.9. The van der Waals surface area contributed by atoms with Crippen LogP contribution in [-0.2, 0) is 0 Å². The lowest BCUT2D eigenvalue weighted by atomic mass is 9.75. The molecule has 0 radical (unpaired) electrons. The van der Waals surface area contributed by atoms with Gasteiger partial charge in [-0.25, -0.2) is 0 Å². The molecule has 1 saturated heterocycles. The Kier molecular flexibility index (Phi) is 4.62. The lowest BCUT2D eigenvalue weighted by molar-refractivity contribution is 0.0738. The van der Waals surface area contributed by atoms with Crippen molar-refractivity contribution in [2.45, 2.75) is 66.0 Å². The summed E-state index contributed by atoms with van der Waals surface area (Å²) >= 11 is 0. The van der Waals surface area contributed by atoms with Gasteiger partial charge in [0.15, 0.2) is 0 Å². The largest absolute Gasteiger partial charge is 0.315 e. The topological polar surface area (TPSA) is 15.3 Å². The van der Waals surface area contributed by atoms with E-state index in [1.165, 1.54) is 32.4 Å². The zero-order chi connectivity index (χ0) is 14.2. The third-order valence-corrected chi connectivity index (χ3v) is 5.66. The maximum Gasteiger partial charge on any atom is 0.0275 e. The van der Waals surface area contributed by atoms with Gasteiger partial charge in [-0.3, -0.25) is 4.90 Å². The minimum absolute atomic E-state index is 0.467. The molecular formula is C17H34N2. The monoisotopic (exact) mass is 266 g/mol. The molecule has 1 aliphatic carbocycles. The van der Waals surface area contributed by atoms with Gasteiger partial charge in [0.05, 0.1) is 0 Å². The van der Waals surface area contributed by atoms with Crippen LogP contribution >= 0.6 is 0 Å². The van der Waals surface area contributed by atoms with Gasteiger partial charge >= 0.3 is 0 Å². The molecule has 1 heterocycles. The molecule has 2 nitrogen and oxygen atoms in total. The summed E-state index contributed by atoms with van der Waals surface area (Å²) in [5, 5.41) is 3.60. The third kappa shape index (κ3) is 3.33. The maximum absolute atomic E-state index is 3.60. The van der Waals surface area contributed by atoms with Gasteiger partial charge in [0.1, 0.15) is 0 Å². The number of likely N-dealkylation sites (N-methyl/N-ethyl adjacent to an activating group) is 1. The van der Waals surface area contributed by atoms with Crippen molar-refractivity contribution >= 4 is 0 Å². The Morgan fingerprint density at radius 2 is 1.79 bits per heavy atom. The minimum atomic E-state index is 0.467. The predicted octanol–water partition coefficient (Wildman–Crippen LogP) is 3.38. The molecule has 19 heavy (non-hydrogen) atoms. The van der Waals surface area contributed by atoms with Crippen LogP contribution in [0, 0.1) is 23.2 Å². The Morgan fingerprint density at radius 1 is 1.11 bits per heavy atom. The summed E-state index contributed by atoms with van der Waals surface area (Å²) in [5.74, 6) is 2.58. The molecule has 5 unspecified atom stereocenters. The van der Waals surface area contributed by atoms with Crippen molar-refractivity contribution in [1.82, 2.24) is 10.2 Å². The summed E-state index contributed by atoms with van der Waals surface area (Å²) in [5.41, 5.74) is 0.467. The van der Waals surface area contributed by atoms with Crippen LogP contribution in [0.25, 0.3) is 0 Å². The zero-order valence-electron chi connectivity index (χ0n) is 13.9. The van der Waals surface area contributed by atoms with Gasteiger partial charge in [-0.2, -0.15) is 0 Å². The van der Waals surface area contributed by atoms with Gasteiger partial charge in [0.25, 0.3) is 0 Å².